The van der Waals surface area contributed by atoms with E-state index in [0.29, 0.717) is 12.1 Å². The highest BCUT2D eigenvalue weighted by Gasteiger charge is 2.54. The Bertz CT molecular complexity index is 565. The predicted molar refractivity (Wildman–Crippen MR) is 86.2 cm³/mol. The van der Waals surface area contributed by atoms with Crippen molar-refractivity contribution in [3.63, 3.8) is 0 Å². The molecule has 1 amide bonds. The van der Waals surface area contributed by atoms with Crippen LogP contribution in [0.15, 0.2) is 42.0 Å². The van der Waals surface area contributed by atoms with Crippen molar-refractivity contribution in [3.05, 3.63) is 42.0 Å². The molecule has 0 aliphatic carbocycles. The number of carbonyl (C=O) groups excluding carboxylic acids is 1. The third-order valence-corrected chi connectivity index (χ3v) is 4.15. The monoisotopic (exact) mass is 304 g/mol. The first-order valence-corrected chi connectivity index (χ1v) is 7.47. The SMILES string of the molecule is CC(C)=CCC[C@@]1(C)OC(=O)NN(c2ccccc2)[C@]1(C)O. The van der Waals surface area contributed by atoms with Crippen LogP contribution in [0.25, 0.3) is 0 Å². The number of nitrogens with zero attached hydrogens (tertiary/aromatic N) is 1. The number of ether oxygens (including phenoxy) is 1. The van der Waals surface area contributed by atoms with E-state index in [2.05, 4.69) is 11.5 Å². The first-order chi connectivity index (χ1) is 10.3. The lowest BCUT2D eigenvalue weighted by Gasteiger charge is -2.52. The molecule has 22 heavy (non-hydrogen) atoms. The van der Waals surface area contributed by atoms with Gasteiger partial charge in [-0.1, -0.05) is 29.8 Å². The van der Waals surface area contributed by atoms with Crippen molar-refractivity contribution in [2.45, 2.75) is 51.9 Å². The summed E-state index contributed by atoms with van der Waals surface area (Å²) in [7, 11) is 0. The normalized spacial score (nSPS) is 27.9. The van der Waals surface area contributed by atoms with Gasteiger partial charge in [0.1, 0.15) is 0 Å². The van der Waals surface area contributed by atoms with Gasteiger partial charge in [-0.15, -0.1) is 0 Å². The highest BCUT2D eigenvalue weighted by Crippen LogP contribution is 2.38. The fraction of sp³-hybridized carbons (Fsp3) is 0.471. The minimum absolute atomic E-state index is 0.530. The molecule has 0 unspecified atom stereocenters. The first-order valence-electron chi connectivity index (χ1n) is 7.47. The van der Waals surface area contributed by atoms with Gasteiger partial charge in [0, 0.05) is 0 Å². The summed E-state index contributed by atoms with van der Waals surface area (Å²) in [6.07, 6.45) is 2.77. The Morgan fingerprint density at radius 1 is 1.32 bits per heavy atom. The number of nitrogens with one attached hydrogen (secondary N) is 1. The molecular formula is C17H24N2O3. The first kappa shape index (κ1) is 16.4. The Hall–Kier alpha value is -2.01. The van der Waals surface area contributed by atoms with Gasteiger partial charge >= 0.3 is 6.09 Å². The van der Waals surface area contributed by atoms with Crippen molar-refractivity contribution in [3.8, 4) is 0 Å². The summed E-state index contributed by atoms with van der Waals surface area (Å²) < 4.78 is 5.45. The number of anilines is 1. The Balaban J connectivity index is 2.30. The minimum atomic E-state index is -1.38. The molecule has 1 aromatic rings. The summed E-state index contributed by atoms with van der Waals surface area (Å²) in [5.41, 5.74) is 2.09. The van der Waals surface area contributed by atoms with Gasteiger partial charge in [-0.25, -0.2) is 15.2 Å². The maximum absolute atomic E-state index is 11.9. The summed E-state index contributed by atoms with van der Waals surface area (Å²) in [5.74, 6) is 0. The van der Waals surface area contributed by atoms with E-state index in [1.165, 1.54) is 10.6 Å². The molecule has 1 aromatic carbocycles. The predicted octanol–water partition coefficient (Wildman–Crippen LogP) is 3.36. The minimum Gasteiger partial charge on any atom is -0.437 e. The molecule has 1 heterocycles. The molecule has 5 heteroatoms. The maximum atomic E-state index is 11.9. The van der Waals surface area contributed by atoms with Crippen LogP contribution in [0.5, 0.6) is 0 Å². The van der Waals surface area contributed by atoms with Gasteiger partial charge in [-0.05, 0) is 52.7 Å². The lowest BCUT2D eigenvalue weighted by atomic mass is 9.86. The third-order valence-electron chi connectivity index (χ3n) is 4.15. The van der Waals surface area contributed by atoms with E-state index in [4.69, 9.17) is 4.74 Å². The van der Waals surface area contributed by atoms with Crippen LogP contribution in [0.3, 0.4) is 0 Å². The van der Waals surface area contributed by atoms with Crippen LogP contribution in [0, 0.1) is 0 Å². The number of benzene rings is 1. The molecule has 0 saturated carbocycles. The smallest absolute Gasteiger partial charge is 0.426 e. The number of rotatable bonds is 4. The average Bonchev–Trinajstić information content (AvgIpc) is 2.43. The van der Waals surface area contributed by atoms with Crippen LogP contribution in [-0.2, 0) is 4.74 Å². The zero-order valence-corrected chi connectivity index (χ0v) is 13.6. The van der Waals surface area contributed by atoms with Crippen LogP contribution in [0.1, 0.15) is 40.5 Å². The molecule has 0 radical (unpaired) electrons. The van der Waals surface area contributed by atoms with E-state index in [-0.39, 0.29) is 0 Å². The summed E-state index contributed by atoms with van der Waals surface area (Å²) >= 11 is 0. The fourth-order valence-corrected chi connectivity index (χ4v) is 2.58. The van der Waals surface area contributed by atoms with Gasteiger partial charge in [0.05, 0.1) is 5.69 Å². The number of aliphatic hydroxyl groups is 1. The maximum Gasteiger partial charge on any atom is 0.426 e. The molecular weight excluding hydrogens is 280 g/mol. The molecule has 1 fully saturated rings. The second-order valence-corrected chi connectivity index (χ2v) is 6.24. The number of amides is 1. The Kier molecular flexibility index (Phi) is 4.47. The number of allylic oxidation sites excluding steroid dienone is 2. The molecule has 2 N–H and O–H groups in total. The zero-order chi connectivity index (χ0) is 16.4. The Morgan fingerprint density at radius 3 is 2.55 bits per heavy atom. The zero-order valence-electron chi connectivity index (χ0n) is 13.6. The van der Waals surface area contributed by atoms with E-state index in [0.717, 1.165) is 6.42 Å². The molecule has 1 aliphatic rings. The van der Waals surface area contributed by atoms with Crippen molar-refractivity contribution >= 4 is 11.8 Å². The van der Waals surface area contributed by atoms with Gasteiger partial charge in [0.15, 0.2) is 11.3 Å². The molecule has 5 nitrogen and oxygen atoms in total. The molecule has 0 spiro atoms. The van der Waals surface area contributed by atoms with Crippen LogP contribution in [0.4, 0.5) is 10.5 Å². The number of hydrazine groups is 1. The van der Waals surface area contributed by atoms with Crippen LogP contribution in [-0.4, -0.2) is 22.5 Å². The van der Waals surface area contributed by atoms with E-state index in [1.54, 1.807) is 13.8 Å². The van der Waals surface area contributed by atoms with Gasteiger partial charge in [-0.2, -0.15) is 0 Å². The van der Waals surface area contributed by atoms with E-state index in [9.17, 15) is 9.90 Å². The van der Waals surface area contributed by atoms with Gasteiger partial charge < -0.3 is 9.84 Å². The van der Waals surface area contributed by atoms with Gasteiger partial charge in [0.2, 0.25) is 0 Å². The molecule has 1 saturated heterocycles. The molecule has 0 aromatic heterocycles. The van der Waals surface area contributed by atoms with Gasteiger partial charge in [-0.3, -0.25) is 0 Å². The molecule has 2 rings (SSSR count). The van der Waals surface area contributed by atoms with Crippen LogP contribution >= 0.6 is 0 Å². The van der Waals surface area contributed by atoms with Crippen LogP contribution in [0.2, 0.25) is 0 Å². The molecule has 2 atom stereocenters. The Morgan fingerprint density at radius 2 is 1.95 bits per heavy atom. The summed E-state index contributed by atoms with van der Waals surface area (Å²) in [5, 5.41) is 12.5. The topological polar surface area (TPSA) is 61.8 Å². The second-order valence-electron chi connectivity index (χ2n) is 6.24. The lowest BCUT2D eigenvalue weighted by molar-refractivity contribution is -0.160. The van der Waals surface area contributed by atoms with E-state index >= 15 is 0 Å². The number of para-hydroxylation sites is 1. The molecule has 120 valence electrons. The molecule has 0 bridgehead atoms. The number of hydrogen-bond acceptors (Lipinski definition) is 4. The van der Waals surface area contributed by atoms with Crippen LogP contribution < -0.4 is 10.4 Å². The summed E-state index contributed by atoms with van der Waals surface area (Å²) in [6, 6.07) is 9.25. The largest absolute Gasteiger partial charge is 0.437 e. The standard InChI is InChI=1S/C17H24N2O3/c1-13(2)9-8-12-16(3)17(4,21)19(18-15(20)22-16)14-10-6-5-7-11-14/h5-7,9-11,21H,8,12H2,1-4H3,(H,18,20)/t16-,17-/m1/s1. The summed E-state index contributed by atoms with van der Waals surface area (Å²) in [4.78, 5) is 11.9. The third kappa shape index (κ3) is 3.09. The highest BCUT2D eigenvalue weighted by molar-refractivity contribution is 5.73. The lowest BCUT2D eigenvalue weighted by Crippen LogP contribution is -2.73. The van der Waals surface area contributed by atoms with Crippen molar-refractivity contribution in [1.29, 1.82) is 0 Å². The second kappa shape index (κ2) is 6.01. The number of carbonyl (C=O) groups is 1. The van der Waals surface area contributed by atoms with Crippen molar-refractivity contribution in [1.82, 2.24) is 5.43 Å². The van der Waals surface area contributed by atoms with E-state index in [1.807, 2.05) is 44.2 Å². The van der Waals surface area contributed by atoms with Crippen molar-refractivity contribution in [2.75, 3.05) is 5.01 Å². The number of hydrogen-bond donors (Lipinski definition) is 2. The highest BCUT2D eigenvalue weighted by atomic mass is 16.6. The van der Waals surface area contributed by atoms with E-state index < -0.39 is 17.4 Å². The summed E-state index contributed by atoms with van der Waals surface area (Å²) in [6.45, 7) is 7.46. The Labute approximate surface area is 131 Å². The molecule has 1 aliphatic heterocycles. The fourth-order valence-electron chi connectivity index (χ4n) is 2.58. The number of cyclic esters (lactones) is 1. The van der Waals surface area contributed by atoms with Crippen molar-refractivity contribution in [2.24, 2.45) is 0 Å². The van der Waals surface area contributed by atoms with Crippen molar-refractivity contribution < 1.29 is 14.6 Å². The average molecular weight is 304 g/mol. The van der Waals surface area contributed by atoms with Gasteiger partial charge in [0.25, 0.3) is 0 Å². The quantitative estimate of drug-likeness (QED) is 0.837.